The number of aliphatic hydroxyl groups excluding tert-OH is 1. The quantitative estimate of drug-likeness (QED) is 0.903. The topological polar surface area (TPSA) is 38.0 Å². The number of benzene rings is 1. The van der Waals surface area contributed by atoms with Gasteiger partial charge in [0, 0.05) is 18.8 Å². The number of aliphatic hydroxyl groups is 1. The van der Waals surface area contributed by atoms with Crippen LogP contribution in [-0.4, -0.2) is 14.9 Å². The van der Waals surface area contributed by atoms with Crippen LogP contribution in [0.25, 0.3) is 0 Å². The monoisotopic (exact) mass is 266 g/mol. The van der Waals surface area contributed by atoms with Gasteiger partial charge in [-0.1, -0.05) is 24.3 Å². The van der Waals surface area contributed by atoms with Crippen LogP contribution < -0.4 is 0 Å². The largest absolute Gasteiger partial charge is 0.388 e. The predicted molar refractivity (Wildman–Crippen MR) is 67.9 cm³/mol. The van der Waals surface area contributed by atoms with E-state index in [1.54, 1.807) is 23.0 Å². The van der Waals surface area contributed by atoms with Crippen molar-refractivity contribution in [1.29, 1.82) is 0 Å². The first-order valence-electron chi connectivity index (χ1n) is 6.10. The fourth-order valence-electron chi connectivity index (χ4n) is 1.93. The second kappa shape index (κ2) is 5.93. The summed E-state index contributed by atoms with van der Waals surface area (Å²) >= 11 is 0. The minimum atomic E-state index is -2.47. The summed E-state index contributed by atoms with van der Waals surface area (Å²) in [5, 5.41) is 14.1. The molecule has 0 radical (unpaired) electrons. The van der Waals surface area contributed by atoms with Crippen LogP contribution >= 0.6 is 0 Å². The van der Waals surface area contributed by atoms with Gasteiger partial charge in [0.2, 0.25) is 0 Å². The zero-order chi connectivity index (χ0) is 13.8. The molecule has 0 amide bonds. The Kier molecular flexibility index (Phi) is 4.27. The molecule has 1 aromatic carbocycles. The molecule has 2 rings (SSSR count). The average Bonchev–Trinajstić information content (AvgIpc) is 2.82. The number of aryl methyl sites for hydroxylation is 2. The predicted octanol–water partition coefficient (Wildman–Crippen LogP) is 3.02. The molecule has 1 heterocycles. The van der Waals surface area contributed by atoms with E-state index in [4.69, 9.17) is 0 Å². The molecule has 0 saturated carbocycles. The molecule has 1 N–H and O–H groups in total. The molecular weight excluding hydrogens is 250 g/mol. The van der Waals surface area contributed by atoms with E-state index in [9.17, 15) is 13.9 Å². The lowest BCUT2D eigenvalue weighted by Crippen LogP contribution is -1.99. The Balaban J connectivity index is 1.94. The van der Waals surface area contributed by atoms with Crippen molar-refractivity contribution in [2.75, 3.05) is 0 Å². The molecule has 5 heteroatoms. The van der Waals surface area contributed by atoms with Crippen molar-refractivity contribution >= 4 is 0 Å². The van der Waals surface area contributed by atoms with Crippen molar-refractivity contribution in [3.8, 4) is 0 Å². The van der Waals surface area contributed by atoms with Crippen molar-refractivity contribution < 1.29 is 13.9 Å². The molecular formula is C14H16F2N2O. The first-order chi connectivity index (χ1) is 9.06. The number of hydrogen-bond donors (Lipinski definition) is 1. The lowest BCUT2D eigenvalue weighted by atomic mass is 10.0. The molecule has 19 heavy (non-hydrogen) atoms. The molecule has 0 aliphatic carbocycles. The van der Waals surface area contributed by atoms with E-state index in [1.165, 1.54) is 12.1 Å². The number of aromatic nitrogens is 2. The molecule has 1 aromatic heterocycles. The van der Waals surface area contributed by atoms with Gasteiger partial charge in [0.15, 0.2) is 0 Å². The number of nitrogens with zero attached hydrogens (tertiary/aromatic N) is 2. The van der Waals surface area contributed by atoms with Crippen molar-refractivity contribution in [2.24, 2.45) is 7.05 Å². The van der Waals surface area contributed by atoms with Gasteiger partial charge in [-0.05, 0) is 24.0 Å². The summed E-state index contributed by atoms with van der Waals surface area (Å²) in [5.74, 6) is 0. The zero-order valence-electron chi connectivity index (χ0n) is 10.6. The summed E-state index contributed by atoms with van der Waals surface area (Å²) in [5.41, 5.74) is 1.68. The van der Waals surface area contributed by atoms with Crippen molar-refractivity contribution in [1.82, 2.24) is 9.78 Å². The van der Waals surface area contributed by atoms with E-state index in [0.29, 0.717) is 18.4 Å². The fourth-order valence-corrected chi connectivity index (χ4v) is 1.93. The Labute approximate surface area is 110 Å². The molecule has 0 spiro atoms. The van der Waals surface area contributed by atoms with E-state index < -0.39 is 12.5 Å². The number of rotatable bonds is 5. The highest BCUT2D eigenvalue weighted by Crippen LogP contribution is 2.23. The maximum atomic E-state index is 12.4. The first kappa shape index (κ1) is 13.7. The molecule has 0 bridgehead atoms. The Morgan fingerprint density at radius 3 is 2.37 bits per heavy atom. The third kappa shape index (κ3) is 3.61. The molecule has 2 aromatic rings. The lowest BCUT2D eigenvalue weighted by molar-refractivity contribution is 0.150. The molecule has 0 aliphatic heterocycles. The van der Waals surface area contributed by atoms with Crippen LogP contribution in [0.4, 0.5) is 8.78 Å². The Hall–Kier alpha value is -1.75. The molecule has 102 valence electrons. The van der Waals surface area contributed by atoms with Gasteiger partial charge < -0.3 is 5.11 Å². The van der Waals surface area contributed by atoms with Crippen LogP contribution in [0.3, 0.4) is 0 Å². The minimum Gasteiger partial charge on any atom is -0.388 e. The molecule has 0 fully saturated rings. The highest BCUT2D eigenvalue weighted by Gasteiger charge is 2.11. The third-order valence-electron chi connectivity index (χ3n) is 3.04. The van der Waals surface area contributed by atoms with Crippen molar-refractivity contribution in [3.63, 3.8) is 0 Å². The number of alkyl halides is 2. The Morgan fingerprint density at radius 1 is 1.21 bits per heavy atom. The molecule has 1 atom stereocenters. The van der Waals surface area contributed by atoms with Gasteiger partial charge in [0.05, 0.1) is 12.3 Å². The van der Waals surface area contributed by atoms with Gasteiger partial charge in [-0.15, -0.1) is 0 Å². The fraction of sp³-hybridized carbons (Fsp3) is 0.357. The van der Waals surface area contributed by atoms with Crippen LogP contribution in [0.5, 0.6) is 0 Å². The summed E-state index contributed by atoms with van der Waals surface area (Å²) in [6.07, 6.45) is 1.78. The van der Waals surface area contributed by atoms with Gasteiger partial charge in [0.1, 0.15) is 0 Å². The lowest BCUT2D eigenvalue weighted by Gasteiger charge is -2.11. The Bertz CT molecular complexity index is 522. The smallest absolute Gasteiger partial charge is 0.263 e. The van der Waals surface area contributed by atoms with Gasteiger partial charge in [-0.3, -0.25) is 4.68 Å². The summed E-state index contributed by atoms with van der Waals surface area (Å²) in [6, 6.07) is 5.81. The van der Waals surface area contributed by atoms with Crippen molar-refractivity contribution in [2.45, 2.75) is 25.4 Å². The van der Waals surface area contributed by atoms with E-state index >= 15 is 0 Å². The van der Waals surface area contributed by atoms with E-state index in [2.05, 4.69) is 5.10 Å². The first-order valence-corrected chi connectivity index (χ1v) is 6.10. The molecule has 3 nitrogen and oxygen atoms in total. The highest BCUT2D eigenvalue weighted by molar-refractivity contribution is 5.25. The van der Waals surface area contributed by atoms with Gasteiger partial charge in [-0.25, -0.2) is 8.78 Å². The average molecular weight is 266 g/mol. The van der Waals surface area contributed by atoms with E-state index in [0.717, 1.165) is 5.56 Å². The minimum absolute atomic E-state index is 0.0248. The van der Waals surface area contributed by atoms with E-state index in [1.807, 2.05) is 13.2 Å². The van der Waals surface area contributed by atoms with Crippen LogP contribution in [0, 0.1) is 0 Å². The highest BCUT2D eigenvalue weighted by atomic mass is 19.3. The summed E-state index contributed by atoms with van der Waals surface area (Å²) in [4.78, 5) is 0. The molecule has 0 aliphatic rings. The van der Waals surface area contributed by atoms with Crippen LogP contribution in [0.15, 0.2) is 36.7 Å². The van der Waals surface area contributed by atoms with E-state index in [-0.39, 0.29) is 5.56 Å². The Morgan fingerprint density at radius 2 is 1.84 bits per heavy atom. The maximum Gasteiger partial charge on any atom is 0.263 e. The van der Waals surface area contributed by atoms with Gasteiger partial charge >= 0.3 is 0 Å². The maximum absolute atomic E-state index is 12.4. The molecule has 0 saturated heterocycles. The second-order valence-corrected chi connectivity index (χ2v) is 4.54. The summed E-state index contributed by atoms with van der Waals surface area (Å²) in [7, 11) is 1.84. The van der Waals surface area contributed by atoms with Gasteiger partial charge in [0.25, 0.3) is 6.43 Å². The summed E-state index contributed by atoms with van der Waals surface area (Å²) < 4.78 is 26.5. The zero-order valence-corrected chi connectivity index (χ0v) is 10.6. The summed E-state index contributed by atoms with van der Waals surface area (Å²) in [6.45, 7) is 0. The van der Waals surface area contributed by atoms with Crippen LogP contribution in [0.1, 0.15) is 35.6 Å². The van der Waals surface area contributed by atoms with Crippen molar-refractivity contribution in [3.05, 3.63) is 53.3 Å². The normalized spacial score (nSPS) is 12.9. The standard InChI is InChI=1S/C14H16F2N2O/c1-18-9-10(8-17-18)2-7-13(19)11-3-5-12(6-4-11)14(15)16/h3-6,8-9,13-14,19H,2,7H2,1H3. The number of halogens is 2. The second-order valence-electron chi connectivity index (χ2n) is 4.54. The SMILES string of the molecule is Cn1cc(CCC(O)c2ccc(C(F)F)cc2)cn1. The van der Waals surface area contributed by atoms with Crippen LogP contribution in [0.2, 0.25) is 0 Å². The molecule has 1 unspecified atom stereocenters. The van der Waals surface area contributed by atoms with Gasteiger partial charge in [-0.2, -0.15) is 5.10 Å². The van der Waals surface area contributed by atoms with Crippen LogP contribution in [-0.2, 0) is 13.5 Å². The number of hydrogen-bond acceptors (Lipinski definition) is 2. The third-order valence-corrected chi connectivity index (χ3v) is 3.04.